The fraction of sp³-hybridized carbons (Fsp3) is 0.176. The van der Waals surface area contributed by atoms with E-state index >= 15 is 0 Å². The lowest BCUT2D eigenvalue weighted by atomic mass is 10.1. The molecule has 2 aromatic rings. The molecule has 1 aliphatic rings. The number of carbonyl (C=O) groups is 2. The summed E-state index contributed by atoms with van der Waals surface area (Å²) in [5.41, 5.74) is 3.65. The van der Waals surface area contributed by atoms with Crippen LogP contribution in [0.3, 0.4) is 0 Å². The van der Waals surface area contributed by atoms with E-state index in [1.54, 1.807) is 28.6 Å². The van der Waals surface area contributed by atoms with Crippen molar-refractivity contribution in [3.8, 4) is 5.75 Å². The van der Waals surface area contributed by atoms with Gasteiger partial charge in [0.2, 0.25) is 6.41 Å². The van der Waals surface area contributed by atoms with Crippen LogP contribution in [0.25, 0.3) is 0 Å². The molecule has 0 unspecified atom stereocenters. The summed E-state index contributed by atoms with van der Waals surface area (Å²) in [4.78, 5) is 24.5. The number of hydrogen-bond acceptors (Lipinski definition) is 4. The van der Waals surface area contributed by atoms with E-state index in [1.807, 2.05) is 30.3 Å². The minimum atomic E-state index is -0.607. The lowest BCUT2D eigenvalue weighted by Gasteiger charge is -2.20. The molecule has 7 heteroatoms. The Balaban J connectivity index is 0.00000208. The number of ether oxygens (including phenoxy) is 1. The van der Waals surface area contributed by atoms with E-state index in [4.69, 9.17) is 9.94 Å². The van der Waals surface area contributed by atoms with Gasteiger partial charge in [-0.3, -0.25) is 14.8 Å². The number of carbonyl (C=O) groups excluding carboxylic acids is 2. The summed E-state index contributed by atoms with van der Waals surface area (Å²) < 4.78 is 6.05. The summed E-state index contributed by atoms with van der Waals surface area (Å²) in [7, 11) is 0. The van der Waals surface area contributed by atoms with Gasteiger partial charge in [0.15, 0.2) is 0 Å². The van der Waals surface area contributed by atoms with Crippen LogP contribution in [0.2, 0.25) is 0 Å². The number of fused-ring (bicyclic) bond motifs is 1. The zero-order valence-corrected chi connectivity index (χ0v) is 13.8. The molecular weight excluding hydrogens is 328 g/mol. The molecule has 0 saturated carbocycles. The Kier molecular flexibility index (Phi) is 5.83. The van der Waals surface area contributed by atoms with E-state index in [1.165, 1.54) is 0 Å². The molecule has 2 aromatic carbocycles. The Bertz CT molecular complexity index is 724. The van der Waals surface area contributed by atoms with E-state index < -0.39 is 5.91 Å². The molecule has 126 valence electrons. The Labute approximate surface area is 146 Å². The van der Waals surface area contributed by atoms with Crippen LogP contribution in [-0.4, -0.2) is 29.0 Å². The summed E-state index contributed by atoms with van der Waals surface area (Å²) >= 11 is 0. The van der Waals surface area contributed by atoms with E-state index in [0.29, 0.717) is 18.8 Å². The van der Waals surface area contributed by atoms with Gasteiger partial charge in [-0.25, -0.2) is 5.48 Å². The van der Waals surface area contributed by atoms with Crippen LogP contribution >= 0.6 is 13.5 Å². The van der Waals surface area contributed by atoms with Gasteiger partial charge in [0.05, 0.1) is 6.54 Å². The normalized spacial score (nSPS) is 16.0. The largest absolute Gasteiger partial charge is 0.483 e. The van der Waals surface area contributed by atoms with Gasteiger partial charge in [0, 0.05) is 17.7 Å². The fourth-order valence-electron chi connectivity index (χ4n) is 2.61. The molecule has 0 aliphatic carbocycles. The smallest absolute Gasteiger partial charge is 0.274 e. The van der Waals surface area contributed by atoms with Crippen molar-refractivity contribution in [1.82, 2.24) is 10.4 Å². The van der Waals surface area contributed by atoms with Gasteiger partial charge in [-0.1, -0.05) is 36.4 Å². The third kappa shape index (κ3) is 3.69. The lowest BCUT2D eigenvalue weighted by molar-refractivity contribution is -0.119. The van der Waals surface area contributed by atoms with Crippen LogP contribution in [0.1, 0.15) is 27.6 Å². The number of nitrogens with one attached hydrogen (secondary N) is 1. The first-order valence-electron chi connectivity index (χ1n) is 7.19. The minimum absolute atomic E-state index is 0. The summed E-state index contributed by atoms with van der Waals surface area (Å²) in [5.74, 6) is -0.0755. The Morgan fingerprint density at radius 2 is 2.00 bits per heavy atom. The van der Waals surface area contributed by atoms with E-state index in [-0.39, 0.29) is 25.2 Å². The second-order valence-corrected chi connectivity index (χ2v) is 5.32. The van der Waals surface area contributed by atoms with E-state index in [0.717, 1.165) is 17.5 Å². The predicted molar refractivity (Wildman–Crippen MR) is 92.4 cm³/mol. The fourth-order valence-corrected chi connectivity index (χ4v) is 2.61. The lowest BCUT2D eigenvalue weighted by Crippen LogP contribution is -2.26. The van der Waals surface area contributed by atoms with Crippen LogP contribution in [0.5, 0.6) is 5.75 Å². The molecule has 0 bridgehead atoms. The maximum absolute atomic E-state index is 11.6. The Hall–Kier alpha value is -2.51. The monoisotopic (exact) mass is 346 g/mol. The maximum atomic E-state index is 11.6. The SMILES string of the molecule is O=CN1Cc2ccc(C(=O)NO)cc2O[C@@H](c2ccccc2)C1.S. The van der Waals surface area contributed by atoms with Crippen molar-refractivity contribution in [3.63, 3.8) is 0 Å². The van der Waals surface area contributed by atoms with Crippen molar-refractivity contribution < 1.29 is 19.5 Å². The van der Waals surface area contributed by atoms with Crippen LogP contribution in [-0.2, 0) is 11.3 Å². The van der Waals surface area contributed by atoms with Crippen molar-refractivity contribution in [1.29, 1.82) is 0 Å². The molecule has 24 heavy (non-hydrogen) atoms. The molecule has 3 rings (SSSR count). The van der Waals surface area contributed by atoms with Crippen LogP contribution in [0.4, 0.5) is 0 Å². The first-order valence-corrected chi connectivity index (χ1v) is 7.19. The van der Waals surface area contributed by atoms with Crippen molar-refractivity contribution >= 4 is 25.8 Å². The van der Waals surface area contributed by atoms with Gasteiger partial charge in [0.25, 0.3) is 5.91 Å². The molecule has 0 radical (unpaired) electrons. The van der Waals surface area contributed by atoms with Crippen LogP contribution in [0.15, 0.2) is 48.5 Å². The summed E-state index contributed by atoms with van der Waals surface area (Å²) in [5, 5.41) is 8.76. The number of amides is 2. The Morgan fingerprint density at radius 3 is 2.67 bits per heavy atom. The zero-order valence-electron chi connectivity index (χ0n) is 12.8. The second kappa shape index (κ2) is 7.85. The highest BCUT2D eigenvalue weighted by molar-refractivity contribution is 7.59. The highest BCUT2D eigenvalue weighted by Crippen LogP contribution is 2.31. The second-order valence-electron chi connectivity index (χ2n) is 5.32. The van der Waals surface area contributed by atoms with Crippen molar-refractivity contribution in [3.05, 3.63) is 65.2 Å². The first kappa shape index (κ1) is 17.8. The van der Waals surface area contributed by atoms with Gasteiger partial charge >= 0.3 is 0 Å². The number of rotatable bonds is 3. The molecule has 1 heterocycles. The third-order valence-electron chi connectivity index (χ3n) is 3.79. The van der Waals surface area contributed by atoms with Gasteiger partial charge in [-0.2, -0.15) is 13.5 Å². The van der Waals surface area contributed by atoms with Gasteiger partial charge in [-0.15, -0.1) is 0 Å². The zero-order chi connectivity index (χ0) is 16.2. The molecule has 0 saturated heterocycles. The minimum Gasteiger partial charge on any atom is -0.483 e. The van der Waals surface area contributed by atoms with E-state index in [2.05, 4.69) is 0 Å². The highest BCUT2D eigenvalue weighted by atomic mass is 32.1. The predicted octanol–water partition coefficient (Wildman–Crippen LogP) is 2.01. The third-order valence-corrected chi connectivity index (χ3v) is 3.79. The van der Waals surface area contributed by atoms with Crippen LogP contribution < -0.4 is 10.2 Å². The van der Waals surface area contributed by atoms with Crippen molar-refractivity contribution in [2.75, 3.05) is 6.54 Å². The molecule has 0 aromatic heterocycles. The number of nitrogens with zero attached hydrogens (tertiary/aromatic N) is 1. The van der Waals surface area contributed by atoms with Crippen LogP contribution in [0, 0.1) is 0 Å². The molecule has 1 aliphatic heterocycles. The number of hydrogen-bond donors (Lipinski definition) is 2. The molecule has 0 spiro atoms. The van der Waals surface area contributed by atoms with Crippen molar-refractivity contribution in [2.24, 2.45) is 0 Å². The molecule has 1 atom stereocenters. The highest BCUT2D eigenvalue weighted by Gasteiger charge is 2.24. The average molecular weight is 346 g/mol. The van der Waals surface area contributed by atoms with E-state index in [9.17, 15) is 9.59 Å². The molecule has 0 fully saturated rings. The summed E-state index contributed by atoms with van der Waals surface area (Å²) in [6.45, 7) is 0.826. The topological polar surface area (TPSA) is 78.9 Å². The average Bonchev–Trinajstić information content (AvgIpc) is 2.80. The van der Waals surface area contributed by atoms with Gasteiger partial charge in [0.1, 0.15) is 11.9 Å². The van der Waals surface area contributed by atoms with Crippen molar-refractivity contribution in [2.45, 2.75) is 12.6 Å². The summed E-state index contributed by atoms with van der Waals surface area (Å²) in [6, 6.07) is 14.5. The number of hydroxylamine groups is 1. The first-order chi connectivity index (χ1) is 11.2. The van der Waals surface area contributed by atoms with Gasteiger partial charge in [-0.05, 0) is 17.7 Å². The molecule has 2 amide bonds. The molecule has 6 nitrogen and oxygen atoms in total. The quantitative estimate of drug-likeness (QED) is 0.506. The molecular formula is C17H18N2O4S. The molecule has 2 N–H and O–H groups in total. The summed E-state index contributed by atoms with van der Waals surface area (Å²) in [6.07, 6.45) is 0.470. The standard InChI is InChI=1S/C17H16N2O4.H2S/c20-11-19-9-14-7-6-13(17(21)18-22)8-15(14)23-16(10-19)12-4-2-1-3-5-12;/h1-8,11,16,22H,9-10H2,(H,18,21);1H2/t16-;/m1./s1. The Morgan fingerprint density at radius 1 is 1.25 bits per heavy atom. The van der Waals surface area contributed by atoms with Gasteiger partial charge < -0.3 is 9.64 Å². The maximum Gasteiger partial charge on any atom is 0.274 e. The number of benzene rings is 2.